The number of amides is 1. The number of nitrogens with zero attached hydrogens (tertiary/aromatic N) is 1. The van der Waals surface area contributed by atoms with E-state index in [0.29, 0.717) is 13.0 Å². The van der Waals surface area contributed by atoms with Crippen molar-refractivity contribution in [3.63, 3.8) is 0 Å². The van der Waals surface area contributed by atoms with Crippen LogP contribution in [-0.2, 0) is 14.8 Å². The topological polar surface area (TPSA) is 92.5 Å². The van der Waals surface area contributed by atoms with Crippen LogP contribution in [0.2, 0.25) is 0 Å². The lowest BCUT2D eigenvalue weighted by Crippen LogP contribution is -2.50. The molecule has 1 unspecified atom stereocenters. The van der Waals surface area contributed by atoms with Gasteiger partial charge >= 0.3 is 0 Å². The third-order valence-electron chi connectivity index (χ3n) is 3.14. The number of hydrogen-bond donors (Lipinski definition) is 2. The van der Waals surface area contributed by atoms with Gasteiger partial charge in [0.05, 0.1) is 12.3 Å². The van der Waals surface area contributed by atoms with Gasteiger partial charge < -0.3 is 10.6 Å². The van der Waals surface area contributed by atoms with E-state index < -0.39 is 16.1 Å². The minimum Gasteiger partial charge on any atom is -0.338 e. The predicted octanol–water partition coefficient (Wildman–Crippen LogP) is 0.0758. The van der Waals surface area contributed by atoms with Crippen LogP contribution >= 0.6 is 12.4 Å². The SMILES string of the molecule is C[C@@H](N)C(=O)N1CCCCC1CCNS(C)(=O)=O.Cl. The molecule has 0 radical (unpaired) electrons. The molecule has 1 fully saturated rings. The first-order valence-corrected chi connectivity index (χ1v) is 8.21. The van der Waals surface area contributed by atoms with Crippen molar-refractivity contribution in [2.75, 3.05) is 19.3 Å². The summed E-state index contributed by atoms with van der Waals surface area (Å²) in [5.74, 6) is -0.0425. The number of carbonyl (C=O) groups excluding carboxylic acids is 1. The highest BCUT2D eigenvalue weighted by Crippen LogP contribution is 2.20. The first-order valence-electron chi connectivity index (χ1n) is 6.32. The molecule has 114 valence electrons. The van der Waals surface area contributed by atoms with Gasteiger partial charge in [-0.05, 0) is 32.6 Å². The average molecular weight is 314 g/mol. The molecule has 3 N–H and O–H groups in total. The van der Waals surface area contributed by atoms with E-state index in [1.165, 1.54) is 0 Å². The van der Waals surface area contributed by atoms with Gasteiger partial charge in [-0.25, -0.2) is 13.1 Å². The molecular weight excluding hydrogens is 290 g/mol. The Morgan fingerprint density at radius 2 is 2.11 bits per heavy atom. The summed E-state index contributed by atoms with van der Waals surface area (Å²) in [4.78, 5) is 13.7. The average Bonchev–Trinajstić information content (AvgIpc) is 2.27. The largest absolute Gasteiger partial charge is 0.338 e. The molecule has 1 aliphatic heterocycles. The monoisotopic (exact) mass is 313 g/mol. The van der Waals surface area contributed by atoms with E-state index in [1.54, 1.807) is 11.8 Å². The van der Waals surface area contributed by atoms with E-state index in [4.69, 9.17) is 5.73 Å². The van der Waals surface area contributed by atoms with Crippen molar-refractivity contribution in [1.29, 1.82) is 0 Å². The van der Waals surface area contributed by atoms with E-state index in [0.717, 1.165) is 32.1 Å². The molecule has 0 saturated carbocycles. The highest BCUT2D eigenvalue weighted by Gasteiger charge is 2.27. The Bertz CT molecular complexity index is 387. The van der Waals surface area contributed by atoms with Crippen molar-refractivity contribution >= 4 is 28.3 Å². The fraction of sp³-hybridized carbons (Fsp3) is 0.909. The van der Waals surface area contributed by atoms with Crippen molar-refractivity contribution in [2.45, 2.75) is 44.7 Å². The van der Waals surface area contributed by atoms with Crippen LogP contribution in [0.5, 0.6) is 0 Å². The smallest absolute Gasteiger partial charge is 0.239 e. The number of hydrogen-bond acceptors (Lipinski definition) is 4. The van der Waals surface area contributed by atoms with Crippen LogP contribution in [0.25, 0.3) is 0 Å². The summed E-state index contributed by atoms with van der Waals surface area (Å²) in [6.07, 6.45) is 4.77. The van der Waals surface area contributed by atoms with Gasteiger partial charge in [-0.1, -0.05) is 0 Å². The third-order valence-corrected chi connectivity index (χ3v) is 3.87. The number of halogens is 1. The normalized spacial score (nSPS) is 21.6. The van der Waals surface area contributed by atoms with Gasteiger partial charge in [-0.2, -0.15) is 0 Å². The summed E-state index contributed by atoms with van der Waals surface area (Å²) >= 11 is 0. The number of sulfonamides is 1. The fourth-order valence-corrected chi connectivity index (χ4v) is 2.75. The van der Waals surface area contributed by atoms with Crippen molar-refractivity contribution < 1.29 is 13.2 Å². The van der Waals surface area contributed by atoms with Crippen molar-refractivity contribution in [1.82, 2.24) is 9.62 Å². The lowest BCUT2D eigenvalue weighted by Gasteiger charge is -2.36. The van der Waals surface area contributed by atoms with Crippen LogP contribution in [-0.4, -0.2) is 50.7 Å². The number of piperidine rings is 1. The molecule has 1 aliphatic rings. The maximum absolute atomic E-state index is 11.9. The van der Waals surface area contributed by atoms with E-state index in [1.807, 2.05) is 0 Å². The van der Waals surface area contributed by atoms with E-state index in [2.05, 4.69) is 4.72 Å². The molecule has 1 heterocycles. The Morgan fingerprint density at radius 3 is 2.63 bits per heavy atom. The van der Waals surface area contributed by atoms with Gasteiger partial charge in [0.25, 0.3) is 0 Å². The lowest BCUT2D eigenvalue weighted by atomic mass is 9.98. The highest BCUT2D eigenvalue weighted by atomic mass is 35.5. The molecule has 1 rings (SSSR count). The second-order valence-electron chi connectivity index (χ2n) is 4.93. The lowest BCUT2D eigenvalue weighted by molar-refractivity contribution is -0.136. The third kappa shape index (κ3) is 6.56. The molecule has 0 aromatic heterocycles. The Labute approximate surface area is 121 Å². The molecule has 8 heteroatoms. The summed E-state index contributed by atoms with van der Waals surface area (Å²) < 4.78 is 24.4. The van der Waals surface area contributed by atoms with Crippen LogP contribution in [0, 0.1) is 0 Å². The Kier molecular flexibility index (Phi) is 7.88. The number of rotatable bonds is 5. The first kappa shape index (κ1) is 18.6. The molecule has 1 saturated heterocycles. The summed E-state index contributed by atoms with van der Waals surface area (Å²) in [6, 6.07) is -0.389. The fourth-order valence-electron chi connectivity index (χ4n) is 2.26. The van der Waals surface area contributed by atoms with Gasteiger partial charge in [0.1, 0.15) is 0 Å². The summed E-state index contributed by atoms with van der Waals surface area (Å²) in [7, 11) is -3.16. The van der Waals surface area contributed by atoms with Crippen molar-refractivity contribution in [3.8, 4) is 0 Å². The van der Waals surface area contributed by atoms with Gasteiger partial charge in [0, 0.05) is 19.1 Å². The van der Waals surface area contributed by atoms with Crippen molar-refractivity contribution in [3.05, 3.63) is 0 Å². The second kappa shape index (κ2) is 8.04. The van der Waals surface area contributed by atoms with Gasteiger partial charge in [-0.3, -0.25) is 4.79 Å². The molecule has 0 bridgehead atoms. The molecule has 0 aliphatic carbocycles. The minimum absolute atomic E-state index is 0. The second-order valence-corrected chi connectivity index (χ2v) is 6.76. The zero-order valence-electron chi connectivity index (χ0n) is 11.5. The van der Waals surface area contributed by atoms with Crippen molar-refractivity contribution in [2.24, 2.45) is 5.73 Å². The van der Waals surface area contributed by atoms with Gasteiger partial charge in [0.15, 0.2) is 0 Å². The standard InChI is InChI=1S/C11H23N3O3S.ClH/c1-9(12)11(15)14-8-4-3-5-10(14)6-7-13-18(2,16)17;/h9-10,13H,3-8,12H2,1-2H3;1H/t9-,10?;/m1./s1. The molecule has 19 heavy (non-hydrogen) atoms. The number of nitrogens with one attached hydrogen (secondary N) is 1. The van der Waals surface area contributed by atoms with Crippen LogP contribution in [0.4, 0.5) is 0 Å². The predicted molar refractivity (Wildman–Crippen MR) is 77.7 cm³/mol. The summed E-state index contributed by atoms with van der Waals surface area (Å²) in [5, 5.41) is 0. The van der Waals surface area contributed by atoms with E-state index in [9.17, 15) is 13.2 Å². The quantitative estimate of drug-likeness (QED) is 0.751. The summed E-state index contributed by atoms with van der Waals surface area (Å²) in [5.41, 5.74) is 5.62. The zero-order chi connectivity index (χ0) is 13.8. The molecule has 1 amide bonds. The molecule has 2 atom stereocenters. The van der Waals surface area contributed by atoms with Crippen LogP contribution in [0.1, 0.15) is 32.6 Å². The Morgan fingerprint density at radius 1 is 1.47 bits per heavy atom. The zero-order valence-corrected chi connectivity index (χ0v) is 13.1. The Hall–Kier alpha value is -0.370. The minimum atomic E-state index is -3.16. The van der Waals surface area contributed by atoms with E-state index in [-0.39, 0.29) is 24.4 Å². The van der Waals surface area contributed by atoms with Crippen LogP contribution < -0.4 is 10.5 Å². The Balaban J connectivity index is 0.00000324. The molecule has 6 nitrogen and oxygen atoms in total. The van der Waals surface area contributed by atoms with E-state index >= 15 is 0 Å². The molecular formula is C11H24ClN3O3S. The summed E-state index contributed by atoms with van der Waals surface area (Å²) in [6.45, 7) is 2.78. The highest BCUT2D eigenvalue weighted by molar-refractivity contribution is 7.88. The molecule has 0 spiro atoms. The first-order chi connectivity index (χ1) is 8.31. The number of nitrogens with two attached hydrogens (primary N) is 1. The maximum Gasteiger partial charge on any atom is 0.239 e. The molecule has 0 aromatic carbocycles. The number of carbonyl (C=O) groups is 1. The van der Waals surface area contributed by atoms with Crippen LogP contribution in [0.15, 0.2) is 0 Å². The van der Waals surface area contributed by atoms with Crippen LogP contribution in [0.3, 0.4) is 0 Å². The maximum atomic E-state index is 11.9. The molecule has 0 aromatic rings. The van der Waals surface area contributed by atoms with Gasteiger partial charge in [-0.15, -0.1) is 12.4 Å². The number of likely N-dealkylation sites (tertiary alicyclic amines) is 1. The van der Waals surface area contributed by atoms with Gasteiger partial charge in [0.2, 0.25) is 15.9 Å².